The Morgan fingerprint density at radius 2 is 1.84 bits per heavy atom. The van der Waals surface area contributed by atoms with Gasteiger partial charge >= 0.3 is 6.03 Å². The van der Waals surface area contributed by atoms with E-state index < -0.39 is 17.5 Å². The van der Waals surface area contributed by atoms with Crippen molar-refractivity contribution in [2.24, 2.45) is 0 Å². The number of H-pyrrole nitrogens is 1. The Hall–Kier alpha value is -3.61. The highest BCUT2D eigenvalue weighted by molar-refractivity contribution is 6.14. The van der Waals surface area contributed by atoms with Crippen molar-refractivity contribution in [3.8, 4) is 5.75 Å². The smallest absolute Gasteiger partial charge is 0.325 e. The van der Waals surface area contributed by atoms with E-state index in [1.54, 1.807) is 37.6 Å². The van der Waals surface area contributed by atoms with Crippen LogP contribution < -0.4 is 10.1 Å². The normalized spacial score (nSPS) is 18.5. The number of amides is 3. The van der Waals surface area contributed by atoms with Gasteiger partial charge in [-0.1, -0.05) is 44.2 Å². The van der Waals surface area contributed by atoms with Crippen LogP contribution in [0.15, 0.2) is 48.7 Å². The number of aromatic nitrogens is 1. The first kappa shape index (κ1) is 20.7. The van der Waals surface area contributed by atoms with Gasteiger partial charge in [0.15, 0.2) is 5.78 Å². The number of hydrogen-bond donors (Lipinski definition) is 2. The van der Waals surface area contributed by atoms with Crippen LogP contribution in [0, 0.1) is 0 Å². The van der Waals surface area contributed by atoms with E-state index in [9.17, 15) is 14.4 Å². The first-order valence-electron chi connectivity index (χ1n) is 10.4. The Balaban J connectivity index is 1.62. The zero-order valence-corrected chi connectivity index (χ0v) is 17.8. The summed E-state index contributed by atoms with van der Waals surface area (Å²) in [6.45, 7) is 3.57. The molecule has 160 valence electrons. The lowest BCUT2D eigenvalue weighted by Gasteiger charge is -2.25. The lowest BCUT2D eigenvalue weighted by Crippen LogP contribution is -2.43. The number of fused-ring (bicyclic) bond motifs is 1. The summed E-state index contributed by atoms with van der Waals surface area (Å²) in [7, 11) is 1.56. The maximum Gasteiger partial charge on any atom is 0.325 e. The number of urea groups is 1. The van der Waals surface area contributed by atoms with E-state index in [-0.39, 0.29) is 12.3 Å². The molecule has 2 aromatic carbocycles. The number of carbonyl (C=O) groups excluding carboxylic acids is 3. The number of ether oxygens (including phenoxy) is 1. The van der Waals surface area contributed by atoms with Gasteiger partial charge < -0.3 is 15.0 Å². The topological polar surface area (TPSA) is 91.5 Å². The lowest BCUT2D eigenvalue weighted by molar-refractivity contribution is -0.131. The lowest BCUT2D eigenvalue weighted by atomic mass is 9.87. The molecule has 7 heteroatoms. The summed E-state index contributed by atoms with van der Waals surface area (Å²) in [5.41, 5.74) is 1.95. The molecule has 0 bridgehead atoms. The van der Waals surface area contributed by atoms with E-state index in [0.29, 0.717) is 23.3 Å². The van der Waals surface area contributed by atoms with Gasteiger partial charge in [0.2, 0.25) is 0 Å². The Bertz CT molecular complexity index is 1170. The van der Waals surface area contributed by atoms with Crippen LogP contribution in [0.2, 0.25) is 0 Å². The maximum absolute atomic E-state index is 13.3. The highest BCUT2D eigenvalue weighted by Gasteiger charge is 2.51. The number of methoxy groups -OCH3 is 1. The number of hydrogen-bond acceptors (Lipinski definition) is 4. The van der Waals surface area contributed by atoms with Crippen molar-refractivity contribution < 1.29 is 19.1 Å². The summed E-state index contributed by atoms with van der Waals surface area (Å²) < 4.78 is 5.18. The van der Waals surface area contributed by atoms with Gasteiger partial charge in [0.25, 0.3) is 5.91 Å². The molecule has 3 amide bonds. The van der Waals surface area contributed by atoms with Crippen LogP contribution in [-0.4, -0.2) is 41.3 Å². The number of rotatable bonds is 7. The molecule has 0 radical (unpaired) electrons. The van der Waals surface area contributed by atoms with Crippen molar-refractivity contribution in [1.29, 1.82) is 0 Å². The molecule has 2 N–H and O–H groups in total. The molecule has 31 heavy (non-hydrogen) atoms. The standard InChI is InChI=1S/C24H25N3O4/c1-4-15-7-6-8-18-19(13-25-21(15)18)20(28)14-27-22(29)24(5-2,26-23(27)30)16-9-11-17(31-3)12-10-16/h6-13,25H,4-5,14H2,1-3H3,(H,26,30)/t24-/m1/s1. The van der Waals surface area contributed by atoms with Crippen LogP contribution in [0.4, 0.5) is 4.79 Å². The zero-order valence-electron chi connectivity index (χ0n) is 17.8. The van der Waals surface area contributed by atoms with Crippen molar-refractivity contribution in [3.63, 3.8) is 0 Å². The number of nitrogens with one attached hydrogen (secondary N) is 2. The van der Waals surface area contributed by atoms with Crippen molar-refractivity contribution in [3.05, 3.63) is 65.4 Å². The van der Waals surface area contributed by atoms with E-state index in [1.165, 1.54) is 0 Å². The Morgan fingerprint density at radius 3 is 2.48 bits per heavy atom. The number of para-hydroxylation sites is 1. The summed E-state index contributed by atoms with van der Waals surface area (Å²) in [6.07, 6.45) is 2.85. The van der Waals surface area contributed by atoms with Crippen LogP contribution in [0.5, 0.6) is 5.75 Å². The molecule has 3 aromatic rings. The largest absolute Gasteiger partial charge is 0.497 e. The molecular formula is C24H25N3O4. The third kappa shape index (κ3) is 3.26. The summed E-state index contributed by atoms with van der Waals surface area (Å²) in [6, 6.07) is 12.2. The van der Waals surface area contributed by atoms with Gasteiger partial charge in [0, 0.05) is 22.7 Å². The zero-order chi connectivity index (χ0) is 22.2. The molecule has 0 unspecified atom stereocenters. The highest BCUT2D eigenvalue weighted by atomic mass is 16.5. The molecule has 1 aromatic heterocycles. The molecule has 0 aliphatic carbocycles. The van der Waals surface area contributed by atoms with Gasteiger partial charge in [-0.2, -0.15) is 0 Å². The minimum Gasteiger partial charge on any atom is -0.497 e. The molecule has 7 nitrogen and oxygen atoms in total. The molecule has 1 aliphatic heterocycles. The van der Waals surface area contributed by atoms with Crippen molar-refractivity contribution in [1.82, 2.24) is 15.2 Å². The predicted molar refractivity (Wildman–Crippen MR) is 117 cm³/mol. The molecule has 2 heterocycles. The fourth-order valence-electron chi connectivity index (χ4n) is 4.26. The molecule has 1 atom stereocenters. The average molecular weight is 419 g/mol. The summed E-state index contributed by atoms with van der Waals surface area (Å²) in [5.74, 6) is -0.0539. The van der Waals surface area contributed by atoms with E-state index >= 15 is 0 Å². The number of aromatic amines is 1. The van der Waals surface area contributed by atoms with Crippen molar-refractivity contribution in [2.45, 2.75) is 32.2 Å². The van der Waals surface area contributed by atoms with Crippen LogP contribution in [-0.2, 0) is 16.8 Å². The SMILES string of the molecule is CCc1cccc2c(C(=O)CN3C(=O)N[C@](CC)(c4ccc(OC)cc4)C3=O)c[nH]c12. The molecule has 1 aliphatic rings. The van der Waals surface area contributed by atoms with Gasteiger partial charge in [-0.3, -0.25) is 14.5 Å². The highest BCUT2D eigenvalue weighted by Crippen LogP contribution is 2.33. The second-order valence-corrected chi connectivity index (χ2v) is 7.63. The number of imide groups is 1. The Morgan fingerprint density at radius 1 is 1.10 bits per heavy atom. The molecule has 4 rings (SSSR count). The quantitative estimate of drug-likeness (QED) is 0.450. The summed E-state index contributed by atoms with van der Waals surface area (Å²) in [5, 5.41) is 3.61. The molecule has 0 spiro atoms. The van der Waals surface area contributed by atoms with Gasteiger partial charge in [-0.25, -0.2) is 4.79 Å². The van der Waals surface area contributed by atoms with Gasteiger partial charge in [0.05, 0.1) is 13.7 Å². The molecule has 0 saturated carbocycles. The maximum atomic E-state index is 13.3. The fraction of sp³-hybridized carbons (Fsp3) is 0.292. The second kappa shape index (κ2) is 7.91. The Labute approximate surface area is 180 Å². The molecule has 1 fully saturated rings. The van der Waals surface area contributed by atoms with Crippen LogP contribution >= 0.6 is 0 Å². The second-order valence-electron chi connectivity index (χ2n) is 7.63. The van der Waals surface area contributed by atoms with Crippen molar-refractivity contribution >= 4 is 28.6 Å². The number of carbonyl (C=O) groups is 3. The van der Waals surface area contributed by atoms with Gasteiger partial charge in [0.1, 0.15) is 11.3 Å². The molecule has 1 saturated heterocycles. The first-order valence-corrected chi connectivity index (χ1v) is 10.4. The summed E-state index contributed by atoms with van der Waals surface area (Å²) >= 11 is 0. The minimum absolute atomic E-state index is 0.287. The van der Waals surface area contributed by atoms with Crippen molar-refractivity contribution in [2.75, 3.05) is 13.7 Å². The third-order valence-electron chi connectivity index (χ3n) is 6.07. The monoisotopic (exact) mass is 419 g/mol. The first-order chi connectivity index (χ1) is 14.9. The van der Waals surface area contributed by atoms with Gasteiger partial charge in [-0.15, -0.1) is 0 Å². The number of benzene rings is 2. The number of ketones is 1. The third-order valence-corrected chi connectivity index (χ3v) is 6.07. The van der Waals surface area contributed by atoms with Crippen LogP contribution in [0.3, 0.4) is 0 Å². The fourth-order valence-corrected chi connectivity index (χ4v) is 4.26. The van der Waals surface area contributed by atoms with E-state index in [4.69, 9.17) is 4.74 Å². The number of nitrogens with zero attached hydrogens (tertiary/aromatic N) is 1. The number of aryl methyl sites for hydroxylation is 1. The van der Waals surface area contributed by atoms with Crippen LogP contribution in [0.25, 0.3) is 10.9 Å². The van der Waals surface area contributed by atoms with Crippen LogP contribution in [0.1, 0.15) is 41.8 Å². The molecular weight excluding hydrogens is 394 g/mol. The predicted octanol–water partition coefficient (Wildman–Crippen LogP) is 3.78. The minimum atomic E-state index is -1.20. The summed E-state index contributed by atoms with van der Waals surface area (Å²) in [4.78, 5) is 43.3. The van der Waals surface area contributed by atoms with E-state index in [0.717, 1.165) is 27.8 Å². The number of Topliss-reactive ketones (excluding diaryl/α,β-unsaturated/α-hetero) is 1. The van der Waals surface area contributed by atoms with E-state index in [1.807, 2.05) is 32.0 Å². The Kier molecular flexibility index (Phi) is 5.27. The van der Waals surface area contributed by atoms with Gasteiger partial charge in [-0.05, 0) is 36.1 Å². The average Bonchev–Trinajstić information content (AvgIpc) is 3.34. The van der Waals surface area contributed by atoms with E-state index in [2.05, 4.69) is 10.3 Å².